The third-order valence-corrected chi connectivity index (χ3v) is 5.38. The number of aryl methyl sites for hydroxylation is 1. The summed E-state index contributed by atoms with van der Waals surface area (Å²) in [7, 11) is 1.90. The summed E-state index contributed by atoms with van der Waals surface area (Å²) >= 11 is 9.11. The van der Waals surface area contributed by atoms with Gasteiger partial charge in [-0.2, -0.15) is 4.99 Å². The van der Waals surface area contributed by atoms with E-state index in [1.807, 2.05) is 60.3 Å². The van der Waals surface area contributed by atoms with E-state index in [0.29, 0.717) is 15.4 Å². The molecule has 2 aromatic carbocycles. The number of hydrogen-bond donors (Lipinski definition) is 0. The van der Waals surface area contributed by atoms with Gasteiger partial charge in [0.25, 0.3) is 5.91 Å². The first kappa shape index (κ1) is 15.3. The van der Waals surface area contributed by atoms with Gasteiger partial charge in [0.2, 0.25) is 0 Å². The lowest BCUT2D eigenvalue weighted by Gasteiger charge is -1.98. The smallest absolute Gasteiger partial charge is 0.279 e. The number of halogens is 1. The number of hydrogen-bond acceptors (Lipinski definition) is 3. The lowest BCUT2D eigenvalue weighted by Crippen LogP contribution is -2.13. The minimum Gasteiger partial charge on any atom is -0.319 e. The number of rotatable bonds is 2. The van der Waals surface area contributed by atoms with Gasteiger partial charge in [-0.25, -0.2) is 0 Å². The molecule has 0 fully saturated rings. The fourth-order valence-electron chi connectivity index (χ4n) is 2.10. The van der Waals surface area contributed by atoms with Crippen LogP contribution in [-0.4, -0.2) is 16.7 Å². The van der Waals surface area contributed by atoms with E-state index in [0.717, 1.165) is 15.1 Å². The van der Waals surface area contributed by atoms with Crippen LogP contribution in [0.2, 0.25) is 5.02 Å². The molecule has 1 amide bonds. The average molecular weight is 349 g/mol. The molecule has 0 radical (unpaired) electrons. The van der Waals surface area contributed by atoms with Crippen molar-refractivity contribution >= 4 is 50.8 Å². The Morgan fingerprint density at radius 1 is 1.23 bits per heavy atom. The van der Waals surface area contributed by atoms with Crippen LogP contribution in [0.15, 0.2) is 52.4 Å². The van der Waals surface area contributed by atoms with Crippen molar-refractivity contribution in [3.8, 4) is 0 Å². The van der Waals surface area contributed by atoms with Crippen molar-refractivity contribution in [2.45, 2.75) is 4.90 Å². The average Bonchev–Trinajstić information content (AvgIpc) is 2.82. The minimum absolute atomic E-state index is 0.235. The van der Waals surface area contributed by atoms with Crippen molar-refractivity contribution in [1.29, 1.82) is 0 Å². The van der Waals surface area contributed by atoms with Gasteiger partial charge in [-0.05, 0) is 48.7 Å². The number of amides is 1. The highest BCUT2D eigenvalue weighted by Gasteiger charge is 2.07. The second kappa shape index (κ2) is 6.28. The Hall–Kier alpha value is -1.56. The fraction of sp³-hybridized carbons (Fsp3) is 0.125. The van der Waals surface area contributed by atoms with Crippen LogP contribution in [0.1, 0.15) is 10.4 Å². The molecule has 0 atom stereocenters. The number of aromatic nitrogens is 1. The molecule has 6 heteroatoms. The zero-order valence-corrected chi connectivity index (χ0v) is 14.4. The molecule has 3 nitrogen and oxygen atoms in total. The number of carbonyl (C=O) groups is 1. The molecular formula is C16H13ClN2OS2. The largest absolute Gasteiger partial charge is 0.319 e. The Morgan fingerprint density at radius 3 is 2.64 bits per heavy atom. The maximum absolute atomic E-state index is 12.3. The Bertz CT molecular complexity index is 910. The molecule has 0 saturated carbocycles. The summed E-state index contributed by atoms with van der Waals surface area (Å²) < 4.78 is 2.92. The molecule has 3 rings (SSSR count). The summed E-state index contributed by atoms with van der Waals surface area (Å²) in [5.41, 5.74) is 1.60. The van der Waals surface area contributed by atoms with E-state index in [1.54, 1.807) is 11.8 Å². The van der Waals surface area contributed by atoms with Crippen molar-refractivity contribution < 1.29 is 4.79 Å². The number of nitrogens with zero attached hydrogens (tertiary/aromatic N) is 2. The van der Waals surface area contributed by atoms with Gasteiger partial charge in [0.05, 0.1) is 10.2 Å². The topological polar surface area (TPSA) is 34.4 Å². The first-order valence-electron chi connectivity index (χ1n) is 6.56. The summed E-state index contributed by atoms with van der Waals surface area (Å²) in [6.07, 6.45) is 2.00. The summed E-state index contributed by atoms with van der Waals surface area (Å²) in [6, 6.07) is 13.1. The molecule has 1 aromatic heterocycles. The Balaban J connectivity index is 2.03. The monoisotopic (exact) mass is 348 g/mol. The van der Waals surface area contributed by atoms with E-state index in [2.05, 4.69) is 4.99 Å². The highest BCUT2D eigenvalue weighted by Crippen LogP contribution is 2.21. The number of fused-ring (bicyclic) bond motifs is 1. The summed E-state index contributed by atoms with van der Waals surface area (Å²) in [4.78, 5) is 18.3. The van der Waals surface area contributed by atoms with Crippen LogP contribution in [-0.2, 0) is 7.05 Å². The molecule has 0 N–H and O–H groups in total. The Labute approximate surface area is 141 Å². The molecule has 0 saturated heterocycles. The Morgan fingerprint density at radius 2 is 1.95 bits per heavy atom. The number of benzene rings is 2. The molecule has 22 heavy (non-hydrogen) atoms. The summed E-state index contributed by atoms with van der Waals surface area (Å²) in [6.45, 7) is 0. The first-order valence-corrected chi connectivity index (χ1v) is 8.98. The van der Waals surface area contributed by atoms with Crippen LogP contribution in [0.5, 0.6) is 0 Å². The highest BCUT2D eigenvalue weighted by molar-refractivity contribution is 7.98. The molecule has 0 bridgehead atoms. The molecule has 3 aromatic rings. The van der Waals surface area contributed by atoms with Gasteiger partial charge < -0.3 is 4.57 Å². The lowest BCUT2D eigenvalue weighted by molar-refractivity contribution is 0.0998. The molecule has 0 unspecified atom stereocenters. The SMILES string of the molecule is CSc1ccc(C(=O)N=c2sc3cc(Cl)ccc3n2C)cc1. The number of carbonyl (C=O) groups excluding carboxylic acids is 1. The molecule has 0 spiro atoms. The van der Waals surface area contributed by atoms with Gasteiger partial charge in [-0.15, -0.1) is 11.8 Å². The normalized spacial score (nSPS) is 12.0. The summed E-state index contributed by atoms with van der Waals surface area (Å²) in [5.74, 6) is -0.235. The van der Waals surface area contributed by atoms with Crippen molar-refractivity contribution in [2.24, 2.45) is 12.0 Å². The standard InChI is InChI=1S/C16H13ClN2OS2/c1-19-13-8-5-11(17)9-14(13)22-16(19)18-15(20)10-3-6-12(21-2)7-4-10/h3-9H,1-2H3. The van der Waals surface area contributed by atoms with E-state index in [9.17, 15) is 4.79 Å². The predicted molar refractivity (Wildman–Crippen MR) is 93.9 cm³/mol. The van der Waals surface area contributed by atoms with E-state index >= 15 is 0 Å². The van der Waals surface area contributed by atoms with Crippen LogP contribution in [0.4, 0.5) is 0 Å². The minimum atomic E-state index is -0.235. The Kier molecular flexibility index (Phi) is 4.38. The quantitative estimate of drug-likeness (QED) is 0.645. The van der Waals surface area contributed by atoms with Gasteiger partial charge >= 0.3 is 0 Å². The van der Waals surface area contributed by atoms with E-state index in [1.165, 1.54) is 11.3 Å². The van der Waals surface area contributed by atoms with Gasteiger partial charge in [-0.3, -0.25) is 4.79 Å². The number of thioether (sulfide) groups is 1. The van der Waals surface area contributed by atoms with E-state index in [-0.39, 0.29) is 5.91 Å². The molecule has 0 aliphatic rings. The zero-order chi connectivity index (χ0) is 15.7. The van der Waals surface area contributed by atoms with Crippen LogP contribution in [0, 0.1) is 0 Å². The molecular weight excluding hydrogens is 336 g/mol. The van der Waals surface area contributed by atoms with Gasteiger partial charge in [0, 0.05) is 22.5 Å². The van der Waals surface area contributed by atoms with Crippen LogP contribution in [0.3, 0.4) is 0 Å². The van der Waals surface area contributed by atoms with Crippen molar-refractivity contribution in [3.63, 3.8) is 0 Å². The third kappa shape index (κ3) is 2.97. The molecule has 1 heterocycles. The first-order chi connectivity index (χ1) is 10.6. The van der Waals surface area contributed by atoms with Gasteiger partial charge in [0.15, 0.2) is 4.80 Å². The molecule has 0 aliphatic carbocycles. The highest BCUT2D eigenvalue weighted by atomic mass is 35.5. The zero-order valence-electron chi connectivity index (χ0n) is 12.0. The van der Waals surface area contributed by atoms with Crippen LogP contribution >= 0.6 is 34.7 Å². The van der Waals surface area contributed by atoms with Crippen molar-refractivity contribution in [3.05, 3.63) is 57.9 Å². The lowest BCUT2D eigenvalue weighted by atomic mass is 10.2. The second-order valence-electron chi connectivity index (χ2n) is 4.70. The third-order valence-electron chi connectivity index (χ3n) is 3.31. The molecule has 112 valence electrons. The van der Waals surface area contributed by atoms with Crippen molar-refractivity contribution in [1.82, 2.24) is 4.57 Å². The van der Waals surface area contributed by atoms with Crippen LogP contribution in [0.25, 0.3) is 10.2 Å². The summed E-state index contributed by atoms with van der Waals surface area (Å²) in [5, 5.41) is 0.680. The van der Waals surface area contributed by atoms with E-state index in [4.69, 9.17) is 11.6 Å². The second-order valence-corrected chi connectivity index (χ2v) is 7.03. The van der Waals surface area contributed by atoms with Crippen molar-refractivity contribution in [2.75, 3.05) is 6.26 Å². The predicted octanol–water partition coefficient (Wildman–Crippen LogP) is 4.36. The molecule has 0 aliphatic heterocycles. The fourth-order valence-corrected chi connectivity index (χ4v) is 3.80. The number of thiazole rings is 1. The van der Waals surface area contributed by atoms with Gasteiger partial charge in [0.1, 0.15) is 0 Å². The van der Waals surface area contributed by atoms with Crippen LogP contribution < -0.4 is 4.80 Å². The maximum Gasteiger partial charge on any atom is 0.279 e. The maximum atomic E-state index is 12.3. The van der Waals surface area contributed by atoms with Gasteiger partial charge in [-0.1, -0.05) is 22.9 Å². The van der Waals surface area contributed by atoms with E-state index < -0.39 is 0 Å².